The molecule has 1 rings (SSSR count). The van der Waals surface area contributed by atoms with E-state index in [0.717, 1.165) is 5.00 Å². The van der Waals surface area contributed by atoms with Crippen LogP contribution in [0.3, 0.4) is 0 Å². The molecule has 0 saturated heterocycles. The number of thiophene rings is 1. The number of rotatable bonds is 1. The van der Waals surface area contributed by atoms with Gasteiger partial charge in [-0.2, -0.15) is 0 Å². The van der Waals surface area contributed by atoms with Crippen LogP contribution in [0.15, 0.2) is 17.1 Å². The summed E-state index contributed by atoms with van der Waals surface area (Å²) in [7, 11) is 3.53. The summed E-state index contributed by atoms with van der Waals surface area (Å²) in [5.74, 6) is 0.445. The highest BCUT2D eigenvalue weighted by Gasteiger charge is 2.10. The van der Waals surface area contributed by atoms with Crippen molar-refractivity contribution in [3.05, 3.63) is 17.0 Å². The molecule has 0 aromatic carbocycles. The number of guanidine groups is 2. The Bertz CT molecular complexity index is 382. The second kappa shape index (κ2) is 4.79. The van der Waals surface area contributed by atoms with E-state index in [4.69, 9.17) is 11.1 Å². The molecule has 6 heteroatoms. The van der Waals surface area contributed by atoms with Gasteiger partial charge in [0.1, 0.15) is 0 Å². The average molecular weight is 225 g/mol. The molecule has 0 aliphatic rings. The smallest absolute Gasteiger partial charge is 0.205 e. The molecule has 4 N–H and O–H groups in total. The summed E-state index contributed by atoms with van der Waals surface area (Å²) >= 11 is 1.66. The zero-order valence-corrected chi connectivity index (χ0v) is 9.85. The van der Waals surface area contributed by atoms with Crippen LogP contribution in [0.1, 0.15) is 4.88 Å². The third-order valence-corrected chi connectivity index (χ3v) is 2.91. The average Bonchev–Trinajstić information content (AvgIpc) is 2.60. The van der Waals surface area contributed by atoms with Crippen LogP contribution in [0.2, 0.25) is 0 Å². The number of aryl methyl sites for hydroxylation is 1. The van der Waals surface area contributed by atoms with Crippen LogP contribution >= 0.6 is 11.3 Å². The number of anilines is 1. The van der Waals surface area contributed by atoms with Gasteiger partial charge in [0.2, 0.25) is 5.96 Å². The summed E-state index contributed by atoms with van der Waals surface area (Å²) in [4.78, 5) is 7.12. The van der Waals surface area contributed by atoms with Crippen LogP contribution in [0, 0.1) is 12.3 Å². The lowest BCUT2D eigenvalue weighted by Gasteiger charge is -2.19. The van der Waals surface area contributed by atoms with Gasteiger partial charge in [0, 0.05) is 19.0 Å². The largest absolute Gasteiger partial charge is 0.370 e. The molecule has 1 aromatic heterocycles. The van der Waals surface area contributed by atoms with E-state index in [1.165, 1.54) is 4.88 Å². The predicted octanol–water partition coefficient (Wildman–Crippen LogP) is 0.962. The normalized spacial score (nSPS) is 11.3. The van der Waals surface area contributed by atoms with E-state index in [0.29, 0.717) is 5.96 Å². The van der Waals surface area contributed by atoms with Gasteiger partial charge in [-0.05, 0) is 19.1 Å². The van der Waals surface area contributed by atoms with Crippen LogP contribution in [-0.4, -0.2) is 26.0 Å². The fraction of sp³-hybridized carbons (Fsp3) is 0.333. The maximum Gasteiger partial charge on any atom is 0.205 e. The molecule has 1 heterocycles. The Hall–Kier alpha value is -1.56. The van der Waals surface area contributed by atoms with Gasteiger partial charge >= 0.3 is 0 Å². The van der Waals surface area contributed by atoms with E-state index in [9.17, 15) is 0 Å². The van der Waals surface area contributed by atoms with E-state index in [1.54, 1.807) is 18.4 Å². The minimum atomic E-state index is -0.115. The number of aliphatic imine (C=N–C) groups is 1. The molecule has 0 radical (unpaired) electrons. The van der Waals surface area contributed by atoms with Gasteiger partial charge < -0.3 is 10.6 Å². The van der Waals surface area contributed by atoms with Crippen molar-refractivity contribution >= 4 is 28.3 Å². The third kappa shape index (κ3) is 2.95. The van der Waals surface area contributed by atoms with Gasteiger partial charge in [-0.3, -0.25) is 15.7 Å². The molecular weight excluding hydrogens is 210 g/mol. The maximum atomic E-state index is 7.15. The Labute approximate surface area is 93.1 Å². The van der Waals surface area contributed by atoms with Crippen molar-refractivity contribution in [2.75, 3.05) is 19.0 Å². The molecule has 0 saturated carbocycles. The van der Waals surface area contributed by atoms with Crippen molar-refractivity contribution in [3.63, 3.8) is 0 Å². The minimum absolute atomic E-state index is 0.115. The Morgan fingerprint density at radius 2 is 2.27 bits per heavy atom. The lowest BCUT2D eigenvalue weighted by atomic mass is 10.5. The predicted molar refractivity (Wildman–Crippen MR) is 65.9 cm³/mol. The fourth-order valence-corrected chi connectivity index (χ4v) is 1.94. The maximum absolute atomic E-state index is 7.15. The number of nitrogens with zero attached hydrogens (tertiary/aromatic N) is 2. The molecule has 0 fully saturated rings. The van der Waals surface area contributed by atoms with E-state index in [-0.39, 0.29) is 5.96 Å². The first-order chi connectivity index (χ1) is 7.04. The minimum Gasteiger partial charge on any atom is -0.370 e. The molecule has 0 amide bonds. The van der Waals surface area contributed by atoms with Gasteiger partial charge in [-0.25, -0.2) is 0 Å². The molecule has 0 aliphatic heterocycles. The molecule has 0 atom stereocenters. The first kappa shape index (κ1) is 11.5. The van der Waals surface area contributed by atoms with Crippen LogP contribution in [0.5, 0.6) is 0 Å². The van der Waals surface area contributed by atoms with Crippen LogP contribution in [-0.2, 0) is 0 Å². The zero-order valence-electron chi connectivity index (χ0n) is 9.03. The van der Waals surface area contributed by atoms with Gasteiger partial charge in [0.25, 0.3) is 0 Å². The Morgan fingerprint density at radius 1 is 1.60 bits per heavy atom. The summed E-state index contributed by atoms with van der Waals surface area (Å²) in [5.41, 5.74) is 5.26. The third-order valence-electron chi connectivity index (χ3n) is 1.83. The molecule has 0 aliphatic carbocycles. The number of hydrogen-bond acceptors (Lipinski definition) is 3. The molecular formula is C9H15N5S. The molecule has 15 heavy (non-hydrogen) atoms. The summed E-state index contributed by atoms with van der Waals surface area (Å²) in [6.45, 7) is 2.04. The van der Waals surface area contributed by atoms with Gasteiger partial charge in [0.15, 0.2) is 5.96 Å². The standard InChI is InChI=1S/C9H15N5S/c1-6-4-5-7(15-6)14(3)9(12-2)13-8(10)11/h4-5H,1-3H3,(H4,10,11,12,13). The number of nitrogens with one attached hydrogen (secondary N) is 2. The van der Waals surface area contributed by atoms with E-state index in [2.05, 4.69) is 10.3 Å². The zero-order chi connectivity index (χ0) is 11.4. The summed E-state index contributed by atoms with van der Waals surface area (Å²) in [6, 6.07) is 4.05. The lowest BCUT2D eigenvalue weighted by Crippen LogP contribution is -2.44. The van der Waals surface area contributed by atoms with Crippen molar-refractivity contribution in [2.45, 2.75) is 6.92 Å². The molecule has 82 valence electrons. The first-order valence-corrected chi connectivity index (χ1v) is 5.24. The van der Waals surface area contributed by atoms with Gasteiger partial charge in [0.05, 0.1) is 5.00 Å². The number of hydrogen-bond donors (Lipinski definition) is 3. The van der Waals surface area contributed by atoms with Crippen molar-refractivity contribution in [1.82, 2.24) is 5.32 Å². The van der Waals surface area contributed by atoms with Gasteiger partial charge in [-0.1, -0.05) is 0 Å². The monoisotopic (exact) mass is 225 g/mol. The second-order valence-electron chi connectivity index (χ2n) is 3.03. The molecule has 0 unspecified atom stereocenters. The Kier molecular flexibility index (Phi) is 3.68. The number of nitrogens with two attached hydrogens (primary N) is 1. The van der Waals surface area contributed by atoms with Crippen molar-refractivity contribution in [3.8, 4) is 0 Å². The van der Waals surface area contributed by atoms with Crippen LogP contribution < -0.4 is 16.0 Å². The molecule has 1 aromatic rings. The highest BCUT2D eigenvalue weighted by molar-refractivity contribution is 7.16. The Balaban J connectivity index is 2.82. The Morgan fingerprint density at radius 3 is 2.67 bits per heavy atom. The highest BCUT2D eigenvalue weighted by Crippen LogP contribution is 2.24. The molecule has 0 spiro atoms. The highest BCUT2D eigenvalue weighted by atomic mass is 32.1. The second-order valence-corrected chi connectivity index (χ2v) is 4.30. The molecule has 5 nitrogen and oxygen atoms in total. The van der Waals surface area contributed by atoms with Crippen LogP contribution in [0.25, 0.3) is 0 Å². The van der Waals surface area contributed by atoms with E-state index < -0.39 is 0 Å². The first-order valence-electron chi connectivity index (χ1n) is 4.42. The SMILES string of the molecule is C/N=C(/NC(=N)N)N(C)c1ccc(C)s1. The fourth-order valence-electron chi connectivity index (χ4n) is 1.12. The van der Waals surface area contributed by atoms with Gasteiger partial charge in [-0.15, -0.1) is 11.3 Å². The lowest BCUT2D eigenvalue weighted by molar-refractivity contribution is 1.13. The summed E-state index contributed by atoms with van der Waals surface area (Å²) < 4.78 is 0. The molecule has 0 bridgehead atoms. The quantitative estimate of drug-likeness (QED) is 0.492. The van der Waals surface area contributed by atoms with Crippen molar-refractivity contribution < 1.29 is 0 Å². The summed E-state index contributed by atoms with van der Waals surface area (Å²) in [5, 5.41) is 10.9. The van der Waals surface area contributed by atoms with Crippen molar-refractivity contribution in [2.24, 2.45) is 10.7 Å². The summed E-state index contributed by atoms with van der Waals surface area (Å²) in [6.07, 6.45) is 0. The topological polar surface area (TPSA) is 77.5 Å². The van der Waals surface area contributed by atoms with Crippen molar-refractivity contribution in [1.29, 1.82) is 5.41 Å². The van der Waals surface area contributed by atoms with E-state index in [1.807, 2.05) is 31.0 Å². The van der Waals surface area contributed by atoms with Crippen LogP contribution in [0.4, 0.5) is 5.00 Å². The van der Waals surface area contributed by atoms with E-state index >= 15 is 0 Å².